The quantitative estimate of drug-likeness (QED) is 0.559. The first-order valence-electron chi connectivity index (χ1n) is 12.7. The van der Waals surface area contributed by atoms with Crippen LogP contribution in [0.5, 0.6) is 0 Å². The van der Waals surface area contributed by atoms with E-state index in [9.17, 15) is 19.5 Å². The van der Waals surface area contributed by atoms with E-state index in [2.05, 4.69) is 50.4 Å². The molecule has 1 fully saturated rings. The molecular weight excluding hydrogens is 452 g/mol. The molecule has 0 spiro atoms. The number of carbonyl (C=O) groups is 3. The molecule has 2 N–H and O–H groups in total. The van der Waals surface area contributed by atoms with Gasteiger partial charge in [-0.05, 0) is 67.7 Å². The van der Waals surface area contributed by atoms with Gasteiger partial charge in [-0.25, -0.2) is 0 Å². The minimum Gasteiger partial charge on any atom is -0.481 e. The Morgan fingerprint density at radius 1 is 1.08 bits per heavy atom. The van der Waals surface area contributed by atoms with Gasteiger partial charge in [0.1, 0.15) is 6.04 Å². The predicted octanol–water partition coefficient (Wildman–Crippen LogP) is 5.15. The van der Waals surface area contributed by atoms with Crippen LogP contribution in [0.4, 0.5) is 0 Å². The highest BCUT2D eigenvalue weighted by Crippen LogP contribution is 2.42. The van der Waals surface area contributed by atoms with Crippen LogP contribution < -0.4 is 5.32 Å². The third kappa shape index (κ3) is 5.80. The summed E-state index contributed by atoms with van der Waals surface area (Å²) >= 11 is 0. The summed E-state index contributed by atoms with van der Waals surface area (Å²) in [4.78, 5) is 40.3. The van der Waals surface area contributed by atoms with Crippen LogP contribution in [-0.4, -0.2) is 46.9 Å². The Labute approximate surface area is 215 Å². The highest BCUT2D eigenvalue weighted by atomic mass is 16.4. The monoisotopic (exact) mass is 492 g/mol. The zero-order valence-electron chi connectivity index (χ0n) is 22.6. The lowest BCUT2D eigenvalue weighted by atomic mass is 9.70. The number of rotatable bonds is 7. The Kier molecular flexibility index (Phi) is 7.97. The Morgan fingerprint density at radius 2 is 1.72 bits per heavy atom. The Hall–Kier alpha value is -3.15. The van der Waals surface area contributed by atoms with Gasteiger partial charge in [0.2, 0.25) is 5.91 Å². The van der Waals surface area contributed by atoms with Crippen LogP contribution in [-0.2, 0) is 15.0 Å². The number of carbonyl (C=O) groups excluding carboxylic acids is 2. The van der Waals surface area contributed by atoms with Gasteiger partial charge in [-0.1, -0.05) is 69.7 Å². The van der Waals surface area contributed by atoms with Crippen molar-refractivity contribution in [2.45, 2.75) is 72.3 Å². The maximum absolute atomic E-state index is 13.6. The molecule has 0 aliphatic carbocycles. The second-order valence-electron chi connectivity index (χ2n) is 11.7. The van der Waals surface area contributed by atoms with Gasteiger partial charge in [-0.3, -0.25) is 14.4 Å². The molecule has 36 heavy (non-hydrogen) atoms. The lowest BCUT2D eigenvalue weighted by Gasteiger charge is -2.45. The lowest BCUT2D eigenvalue weighted by Crippen LogP contribution is -2.55. The molecule has 0 radical (unpaired) electrons. The maximum atomic E-state index is 13.6. The molecule has 2 aromatic rings. The van der Waals surface area contributed by atoms with Crippen molar-refractivity contribution in [1.82, 2.24) is 10.2 Å². The first-order chi connectivity index (χ1) is 16.7. The summed E-state index contributed by atoms with van der Waals surface area (Å²) in [6, 6.07) is 14.6. The van der Waals surface area contributed by atoms with E-state index >= 15 is 0 Å². The van der Waals surface area contributed by atoms with Crippen molar-refractivity contribution in [2.75, 3.05) is 13.1 Å². The minimum absolute atomic E-state index is 0.0733. The molecule has 0 bridgehead atoms. The second-order valence-corrected chi connectivity index (χ2v) is 11.7. The topological polar surface area (TPSA) is 86.7 Å². The fourth-order valence-electron chi connectivity index (χ4n) is 5.07. The standard InChI is InChI=1S/C30H40N2O4/c1-19(2)25(31-26(33)22-9-8-10-23(17-22)30(6,7)28(35)36)27(34)32-16-15-24(29(4,5)18-32)21-13-11-20(3)12-14-21/h8-14,17,19,24-25H,15-16,18H2,1-7H3,(H,31,33)(H,35,36)/t24?,25-/m1/s1. The summed E-state index contributed by atoms with van der Waals surface area (Å²) in [5, 5.41) is 12.5. The number of amides is 2. The van der Waals surface area contributed by atoms with Gasteiger partial charge >= 0.3 is 5.97 Å². The van der Waals surface area contributed by atoms with E-state index in [0.29, 0.717) is 30.1 Å². The predicted molar refractivity (Wildman–Crippen MR) is 142 cm³/mol. The fraction of sp³-hybridized carbons (Fsp3) is 0.500. The first kappa shape index (κ1) is 27.4. The van der Waals surface area contributed by atoms with Crippen LogP contribution in [0.3, 0.4) is 0 Å². The average Bonchev–Trinajstić information content (AvgIpc) is 2.81. The number of hydrogen-bond acceptors (Lipinski definition) is 3. The zero-order chi connectivity index (χ0) is 26.8. The molecule has 2 atom stereocenters. The van der Waals surface area contributed by atoms with Gasteiger partial charge in [0.25, 0.3) is 5.91 Å². The Morgan fingerprint density at radius 3 is 2.28 bits per heavy atom. The highest BCUT2D eigenvalue weighted by molar-refractivity contribution is 5.98. The van der Waals surface area contributed by atoms with Crippen LogP contribution >= 0.6 is 0 Å². The molecule has 3 rings (SSSR count). The van der Waals surface area contributed by atoms with E-state index in [1.54, 1.807) is 38.1 Å². The van der Waals surface area contributed by atoms with Gasteiger partial charge in [0.15, 0.2) is 0 Å². The molecule has 6 heteroatoms. The third-order valence-corrected chi connectivity index (χ3v) is 7.62. The molecule has 194 valence electrons. The van der Waals surface area contributed by atoms with Crippen LogP contribution in [0.15, 0.2) is 48.5 Å². The number of aliphatic carboxylic acids is 1. The molecule has 6 nitrogen and oxygen atoms in total. The van der Waals surface area contributed by atoms with E-state index in [4.69, 9.17) is 0 Å². The second kappa shape index (κ2) is 10.5. The van der Waals surface area contributed by atoms with E-state index in [0.717, 1.165) is 6.42 Å². The van der Waals surface area contributed by atoms with Gasteiger partial charge in [0.05, 0.1) is 5.41 Å². The molecule has 1 saturated heterocycles. The number of aryl methyl sites for hydroxylation is 1. The number of nitrogens with zero attached hydrogens (tertiary/aromatic N) is 1. The number of piperidine rings is 1. The molecule has 2 amide bonds. The highest BCUT2D eigenvalue weighted by Gasteiger charge is 2.40. The van der Waals surface area contributed by atoms with Gasteiger partial charge in [0, 0.05) is 18.7 Å². The number of carboxylic acid groups (broad SMARTS) is 1. The molecule has 2 aromatic carbocycles. The number of hydrogen-bond donors (Lipinski definition) is 2. The number of benzene rings is 2. The summed E-state index contributed by atoms with van der Waals surface area (Å²) in [5.41, 5.74) is 2.18. The van der Waals surface area contributed by atoms with Crippen molar-refractivity contribution in [3.63, 3.8) is 0 Å². The molecule has 1 aliphatic heterocycles. The number of likely N-dealkylation sites (tertiary alicyclic amines) is 1. The van der Waals surface area contributed by atoms with Gasteiger partial charge < -0.3 is 15.3 Å². The molecule has 1 aliphatic rings. The van der Waals surface area contributed by atoms with E-state index < -0.39 is 17.4 Å². The van der Waals surface area contributed by atoms with Crippen molar-refractivity contribution in [1.29, 1.82) is 0 Å². The number of carboxylic acids is 1. The van der Waals surface area contributed by atoms with Crippen LogP contribution in [0.2, 0.25) is 0 Å². The lowest BCUT2D eigenvalue weighted by molar-refractivity contribution is -0.142. The van der Waals surface area contributed by atoms with Crippen LogP contribution in [0.1, 0.15) is 80.9 Å². The molecule has 1 heterocycles. The fourth-order valence-corrected chi connectivity index (χ4v) is 5.07. The summed E-state index contributed by atoms with van der Waals surface area (Å²) in [5.74, 6) is -1.16. The molecular formula is C30H40N2O4. The maximum Gasteiger partial charge on any atom is 0.313 e. The molecule has 0 aromatic heterocycles. The van der Waals surface area contributed by atoms with Crippen LogP contribution in [0, 0.1) is 18.3 Å². The van der Waals surface area contributed by atoms with Crippen LogP contribution in [0.25, 0.3) is 0 Å². The Bertz CT molecular complexity index is 1120. The summed E-state index contributed by atoms with van der Waals surface area (Å²) in [6.07, 6.45) is 0.868. The van der Waals surface area contributed by atoms with Gasteiger partial charge in [-0.2, -0.15) is 0 Å². The Balaban J connectivity index is 1.75. The summed E-state index contributed by atoms with van der Waals surface area (Å²) < 4.78 is 0. The smallest absolute Gasteiger partial charge is 0.313 e. The van der Waals surface area contributed by atoms with Crippen molar-refractivity contribution < 1.29 is 19.5 Å². The van der Waals surface area contributed by atoms with Crippen molar-refractivity contribution >= 4 is 17.8 Å². The van der Waals surface area contributed by atoms with E-state index in [-0.39, 0.29) is 23.1 Å². The summed E-state index contributed by atoms with van der Waals surface area (Å²) in [7, 11) is 0. The van der Waals surface area contributed by atoms with Crippen molar-refractivity contribution in [2.24, 2.45) is 11.3 Å². The van der Waals surface area contributed by atoms with Crippen molar-refractivity contribution in [3.05, 3.63) is 70.8 Å². The summed E-state index contributed by atoms with van der Waals surface area (Å²) in [6.45, 7) is 14.8. The molecule has 0 saturated carbocycles. The SMILES string of the molecule is Cc1ccc(C2CCN(C(=O)[C@H](NC(=O)c3cccc(C(C)(C)C(=O)O)c3)C(C)C)CC2(C)C)cc1. The van der Waals surface area contributed by atoms with Crippen molar-refractivity contribution in [3.8, 4) is 0 Å². The first-order valence-corrected chi connectivity index (χ1v) is 12.7. The zero-order valence-corrected chi connectivity index (χ0v) is 22.6. The third-order valence-electron chi connectivity index (χ3n) is 7.62. The number of nitrogens with one attached hydrogen (secondary N) is 1. The largest absolute Gasteiger partial charge is 0.481 e. The average molecular weight is 493 g/mol. The normalized spacial score (nSPS) is 18.6. The van der Waals surface area contributed by atoms with E-state index in [1.165, 1.54) is 11.1 Å². The minimum atomic E-state index is -1.13. The van der Waals surface area contributed by atoms with E-state index in [1.807, 2.05) is 18.7 Å². The molecule has 1 unspecified atom stereocenters. The van der Waals surface area contributed by atoms with Gasteiger partial charge in [-0.15, -0.1) is 0 Å².